The number of rotatable bonds is 6. The highest BCUT2D eigenvalue weighted by Gasteiger charge is 2.18. The number of nitrogens with zero attached hydrogens (tertiary/aromatic N) is 2. The first-order chi connectivity index (χ1) is 10.1. The Labute approximate surface area is 127 Å². The Balaban J connectivity index is 1.98. The van der Waals surface area contributed by atoms with E-state index in [2.05, 4.69) is 22.9 Å². The van der Waals surface area contributed by atoms with E-state index >= 15 is 0 Å². The Morgan fingerprint density at radius 1 is 1.38 bits per heavy atom. The van der Waals surface area contributed by atoms with Crippen LogP contribution in [0, 0.1) is 6.92 Å². The van der Waals surface area contributed by atoms with Gasteiger partial charge in [-0.3, -0.25) is 4.98 Å². The van der Waals surface area contributed by atoms with Crippen LogP contribution in [0.15, 0.2) is 12.1 Å². The largest absolute Gasteiger partial charge is 0.376 e. The first kappa shape index (κ1) is 16.4. The number of ether oxygens (including phenoxy) is 3. The molecule has 2 atom stereocenters. The second kappa shape index (κ2) is 7.84. The summed E-state index contributed by atoms with van der Waals surface area (Å²) in [5.74, 6) is 0. The molecule has 1 fully saturated rings. The van der Waals surface area contributed by atoms with Gasteiger partial charge in [-0.2, -0.15) is 0 Å². The zero-order valence-electron chi connectivity index (χ0n) is 13.5. The standard InChI is InChI=1S/C16H26N2O3/c1-12-5-6-15(16(17-12)9-18(3)4)13(2)21-11-14-10-19-7-8-20-14/h5-6,13-14H,7-11H2,1-4H3/t13-,14-/m1/s1. The quantitative estimate of drug-likeness (QED) is 0.802. The van der Waals surface area contributed by atoms with Gasteiger partial charge in [-0.1, -0.05) is 6.07 Å². The van der Waals surface area contributed by atoms with Gasteiger partial charge in [-0.25, -0.2) is 0 Å². The number of aryl methyl sites for hydroxylation is 1. The van der Waals surface area contributed by atoms with Crippen LogP contribution in [-0.4, -0.2) is 56.5 Å². The summed E-state index contributed by atoms with van der Waals surface area (Å²) >= 11 is 0. The van der Waals surface area contributed by atoms with Crippen LogP contribution in [0.1, 0.15) is 30.0 Å². The fourth-order valence-electron chi connectivity index (χ4n) is 2.39. The maximum atomic E-state index is 5.97. The summed E-state index contributed by atoms with van der Waals surface area (Å²) in [6, 6.07) is 4.15. The summed E-state index contributed by atoms with van der Waals surface area (Å²) < 4.78 is 17.0. The van der Waals surface area contributed by atoms with Gasteiger partial charge in [0, 0.05) is 17.8 Å². The van der Waals surface area contributed by atoms with Gasteiger partial charge in [0.1, 0.15) is 6.10 Å². The minimum atomic E-state index is -0.00132. The third kappa shape index (κ3) is 5.04. The maximum Gasteiger partial charge on any atom is 0.104 e. The topological polar surface area (TPSA) is 43.8 Å². The number of hydrogen-bond donors (Lipinski definition) is 0. The molecule has 5 heteroatoms. The third-order valence-electron chi connectivity index (χ3n) is 3.47. The van der Waals surface area contributed by atoms with Crippen LogP contribution in [0.3, 0.4) is 0 Å². The second-order valence-electron chi connectivity index (χ2n) is 5.77. The highest BCUT2D eigenvalue weighted by molar-refractivity contribution is 5.24. The van der Waals surface area contributed by atoms with Crippen LogP contribution in [0.5, 0.6) is 0 Å². The van der Waals surface area contributed by atoms with Crippen molar-refractivity contribution in [2.45, 2.75) is 32.6 Å². The highest BCUT2D eigenvalue weighted by atomic mass is 16.6. The van der Waals surface area contributed by atoms with E-state index in [4.69, 9.17) is 14.2 Å². The van der Waals surface area contributed by atoms with Crippen LogP contribution in [0.2, 0.25) is 0 Å². The molecular formula is C16H26N2O3. The second-order valence-corrected chi connectivity index (χ2v) is 5.77. The van der Waals surface area contributed by atoms with Crippen molar-refractivity contribution in [3.63, 3.8) is 0 Å². The Kier molecular flexibility index (Phi) is 6.11. The third-order valence-corrected chi connectivity index (χ3v) is 3.47. The highest BCUT2D eigenvalue weighted by Crippen LogP contribution is 2.22. The summed E-state index contributed by atoms with van der Waals surface area (Å²) in [4.78, 5) is 6.77. The average Bonchev–Trinajstić information content (AvgIpc) is 2.45. The van der Waals surface area contributed by atoms with E-state index in [1.807, 2.05) is 27.1 Å². The van der Waals surface area contributed by atoms with Crippen molar-refractivity contribution in [2.75, 3.05) is 40.5 Å². The molecule has 118 valence electrons. The van der Waals surface area contributed by atoms with Gasteiger partial charge in [0.2, 0.25) is 0 Å². The van der Waals surface area contributed by atoms with E-state index in [0.717, 1.165) is 23.5 Å². The molecule has 0 saturated carbocycles. The molecule has 1 aromatic heterocycles. The summed E-state index contributed by atoms with van der Waals surface area (Å²) in [6.45, 7) is 7.39. The fourth-order valence-corrected chi connectivity index (χ4v) is 2.39. The van der Waals surface area contributed by atoms with E-state index in [-0.39, 0.29) is 12.2 Å². The van der Waals surface area contributed by atoms with Crippen molar-refractivity contribution >= 4 is 0 Å². The maximum absolute atomic E-state index is 5.97. The van der Waals surface area contributed by atoms with Gasteiger partial charge in [-0.15, -0.1) is 0 Å². The van der Waals surface area contributed by atoms with Gasteiger partial charge >= 0.3 is 0 Å². The molecule has 0 aliphatic carbocycles. The molecule has 0 aromatic carbocycles. The smallest absolute Gasteiger partial charge is 0.104 e. The molecule has 0 bridgehead atoms. The van der Waals surface area contributed by atoms with Gasteiger partial charge in [-0.05, 0) is 34.0 Å². The van der Waals surface area contributed by atoms with Gasteiger partial charge in [0.05, 0.1) is 38.2 Å². The fraction of sp³-hybridized carbons (Fsp3) is 0.688. The van der Waals surface area contributed by atoms with Crippen LogP contribution >= 0.6 is 0 Å². The van der Waals surface area contributed by atoms with Crippen LogP contribution in [0.25, 0.3) is 0 Å². The monoisotopic (exact) mass is 294 g/mol. The van der Waals surface area contributed by atoms with Gasteiger partial charge < -0.3 is 19.1 Å². The average molecular weight is 294 g/mol. The predicted molar refractivity (Wildman–Crippen MR) is 81.3 cm³/mol. The van der Waals surface area contributed by atoms with Crippen LogP contribution < -0.4 is 0 Å². The molecule has 5 nitrogen and oxygen atoms in total. The van der Waals surface area contributed by atoms with Crippen molar-refractivity contribution in [1.82, 2.24) is 9.88 Å². The molecule has 1 saturated heterocycles. The Bertz CT molecular complexity index is 445. The lowest BCUT2D eigenvalue weighted by molar-refractivity contribution is -0.123. The molecule has 0 unspecified atom stereocenters. The normalized spacial score (nSPS) is 20.7. The summed E-state index contributed by atoms with van der Waals surface area (Å²) in [7, 11) is 4.10. The van der Waals surface area contributed by atoms with E-state index in [9.17, 15) is 0 Å². The minimum absolute atomic E-state index is 0.00132. The minimum Gasteiger partial charge on any atom is -0.376 e. The van der Waals surface area contributed by atoms with E-state index < -0.39 is 0 Å². The molecule has 1 aliphatic rings. The van der Waals surface area contributed by atoms with Crippen LogP contribution in [-0.2, 0) is 20.8 Å². The molecule has 2 rings (SSSR count). The molecule has 0 radical (unpaired) electrons. The molecule has 1 aliphatic heterocycles. The van der Waals surface area contributed by atoms with Gasteiger partial charge in [0.15, 0.2) is 0 Å². The Hall–Kier alpha value is -1.01. The molecule has 1 aromatic rings. The van der Waals surface area contributed by atoms with E-state index in [1.165, 1.54) is 0 Å². The predicted octanol–water partition coefficient (Wildman–Crippen LogP) is 1.94. The zero-order valence-corrected chi connectivity index (χ0v) is 13.5. The lowest BCUT2D eigenvalue weighted by Gasteiger charge is -2.25. The number of pyridine rings is 1. The number of aromatic nitrogens is 1. The summed E-state index contributed by atoms with van der Waals surface area (Å²) in [5, 5.41) is 0. The van der Waals surface area contributed by atoms with E-state index in [0.29, 0.717) is 26.4 Å². The molecule has 2 heterocycles. The molecule has 0 amide bonds. The van der Waals surface area contributed by atoms with Crippen molar-refractivity contribution in [3.8, 4) is 0 Å². The van der Waals surface area contributed by atoms with Crippen molar-refractivity contribution in [1.29, 1.82) is 0 Å². The van der Waals surface area contributed by atoms with Gasteiger partial charge in [0.25, 0.3) is 0 Å². The molecule has 0 N–H and O–H groups in total. The van der Waals surface area contributed by atoms with E-state index in [1.54, 1.807) is 0 Å². The first-order valence-electron chi connectivity index (χ1n) is 7.48. The lowest BCUT2D eigenvalue weighted by Crippen LogP contribution is -2.32. The van der Waals surface area contributed by atoms with Crippen molar-refractivity contribution in [3.05, 3.63) is 29.1 Å². The molecular weight excluding hydrogens is 268 g/mol. The summed E-state index contributed by atoms with van der Waals surface area (Å²) in [6.07, 6.45) is 0.0375. The summed E-state index contributed by atoms with van der Waals surface area (Å²) in [5.41, 5.74) is 3.26. The Morgan fingerprint density at radius 3 is 2.86 bits per heavy atom. The lowest BCUT2D eigenvalue weighted by atomic mass is 10.1. The first-order valence-corrected chi connectivity index (χ1v) is 7.48. The number of hydrogen-bond acceptors (Lipinski definition) is 5. The van der Waals surface area contributed by atoms with Crippen LogP contribution in [0.4, 0.5) is 0 Å². The SMILES string of the molecule is Cc1ccc([C@@H](C)OC[C@H]2COCCO2)c(CN(C)C)n1. The molecule has 0 spiro atoms. The molecule has 21 heavy (non-hydrogen) atoms. The zero-order chi connectivity index (χ0) is 15.2. The Morgan fingerprint density at radius 2 is 2.19 bits per heavy atom. The van der Waals surface area contributed by atoms with Crippen molar-refractivity contribution < 1.29 is 14.2 Å². The van der Waals surface area contributed by atoms with Crippen molar-refractivity contribution in [2.24, 2.45) is 0 Å².